The maximum Gasteiger partial charge on any atom is 0.309 e. The van der Waals surface area contributed by atoms with E-state index in [1.807, 2.05) is 20.8 Å². The van der Waals surface area contributed by atoms with E-state index in [2.05, 4.69) is 52.9 Å². The summed E-state index contributed by atoms with van der Waals surface area (Å²) in [5.41, 5.74) is 6.22. The molecule has 1 aromatic heterocycles. The molecule has 3 heterocycles. The molecule has 2 aromatic carbocycles. The molecule has 0 spiro atoms. The summed E-state index contributed by atoms with van der Waals surface area (Å²) in [6.45, 7) is 11.7. The fourth-order valence-electron chi connectivity index (χ4n) is 5.32. The van der Waals surface area contributed by atoms with Crippen molar-refractivity contribution in [1.29, 1.82) is 0 Å². The Morgan fingerprint density at radius 3 is 2.66 bits per heavy atom. The van der Waals surface area contributed by atoms with Crippen LogP contribution in [-0.4, -0.2) is 55.5 Å². The largest absolute Gasteiger partial charge is 0.496 e. The van der Waals surface area contributed by atoms with Crippen LogP contribution in [0.15, 0.2) is 35.7 Å². The lowest BCUT2D eigenvalue weighted by Gasteiger charge is -2.32. The molecule has 0 saturated carbocycles. The molecule has 0 aliphatic carbocycles. The Balaban J connectivity index is 0.00000189. The molecular weight excluding hydrogens is 538 g/mol. The number of carbonyl (C=O) groups excluding carboxylic acids is 1. The maximum atomic E-state index is 12.5. The van der Waals surface area contributed by atoms with E-state index < -0.39 is 5.60 Å². The minimum absolute atomic E-state index is 0.0461. The van der Waals surface area contributed by atoms with Gasteiger partial charge < -0.3 is 29.5 Å². The summed E-state index contributed by atoms with van der Waals surface area (Å²) in [4.78, 5) is 19.8. The number of anilines is 1. The van der Waals surface area contributed by atoms with Crippen molar-refractivity contribution in [2.75, 3.05) is 38.8 Å². The van der Waals surface area contributed by atoms with Crippen molar-refractivity contribution in [3.05, 3.63) is 58.0 Å². The summed E-state index contributed by atoms with van der Waals surface area (Å²) < 4.78 is 17.8. The van der Waals surface area contributed by atoms with Gasteiger partial charge in [0, 0.05) is 43.3 Å². The molecule has 1 saturated heterocycles. The van der Waals surface area contributed by atoms with E-state index in [9.17, 15) is 4.79 Å². The van der Waals surface area contributed by atoms with E-state index in [1.54, 1.807) is 18.4 Å². The van der Waals surface area contributed by atoms with Crippen LogP contribution in [0, 0.1) is 12.8 Å². The molecule has 1 fully saturated rings. The van der Waals surface area contributed by atoms with Crippen LogP contribution in [0.3, 0.4) is 0 Å². The number of aliphatic hydroxyl groups excluding tert-OH is 1. The molecule has 3 aromatic rings. The van der Waals surface area contributed by atoms with Crippen LogP contribution in [0.5, 0.6) is 11.5 Å². The molecule has 41 heavy (non-hydrogen) atoms. The van der Waals surface area contributed by atoms with Crippen molar-refractivity contribution in [3.63, 3.8) is 0 Å². The van der Waals surface area contributed by atoms with E-state index in [0.717, 1.165) is 91.6 Å². The number of carbonyl (C=O) groups is 1. The van der Waals surface area contributed by atoms with Crippen LogP contribution in [0.2, 0.25) is 0 Å². The Morgan fingerprint density at radius 1 is 1.20 bits per heavy atom. The highest BCUT2D eigenvalue weighted by Gasteiger charge is 2.30. The molecule has 0 radical (unpaired) electrons. The predicted molar refractivity (Wildman–Crippen MR) is 164 cm³/mol. The molecule has 0 bridgehead atoms. The Bertz CT molecular complexity index is 1310. The number of aliphatic hydroxyl groups is 1. The summed E-state index contributed by atoms with van der Waals surface area (Å²) in [5.74, 6) is 1.64. The number of methoxy groups -OCH3 is 1. The molecule has 0 amide bonds. The Morgan fingerprint density at radius 2 is 1.95 bits per heavy atom. The van der Waals surface area contributed by atoms with Gasteiger partial charge in [-0.2, -0.15) is 0 Å². The van der Waals surface area contributed by atoms with E-state index in [1.165, 1.54) is 11.1 Å². The summed E-state index contributed by atoms with van der Waals surface area (Å²) >= 11 is 1.64. The van der Waals surface area contributed by atoms with Crippen LogP contribution < -0.4 is 19.7 Å². The highest BCUT2D eigenvalue weighted by Crippen LogP contribution is 2.37. The number of thiazole rings is 1. The first-order valence-corrected chi connectivity index (χ1v) is 15.1. The van der Waals surface area contributed by atoms with Crippen LogP contribution in [0.25, 0.3) is 11.3 Å². The molecule has 0 unspecified atom stereocenters. The van der Waals surface area contributed by atoms with E-state index in [0.29, 0.717) is 6.61 Å². The number of fused-ring (bicyclic) bond motifs is 1. The van der Waals surface area contributed by atoms with Crippen LogP contribution >= 0.6 is 11.3 Å². The van der Waals surface area contributed by atoms with Crippen molar-refractivity contribution in [2.45, 2.75) is 65.7 Å². The molecular formula is C32H43N3O5S. The molecule has 2 aliphatic heterocycles. The Hall–Kier alpha value is -3.14. The Labute approximate surface area is 247 Å². The predicted octanol–water partition coefficient (Wildman–Crippen LogP) is 5.52. The highest BCUT2D eigenvalue weighted by atomic mass is 32.1. The van der Waals surface area contributed by atoms with Gasteiger partial charge in [-0.1, -0.05) is 18.2 Å². The van der Waals surface area contributed by atoms with Gasteiger partial charge in [0.15, 0.2) is 5.13 Å². The number of nitrogens with zero attached hydrogens (tertiary/aromatic N) is 2. The van der Waals surface area contributed by atoms with Gasteiger partial charge in [0.05, 0.1) is 18.7 Å². The highest BCUT2D eigenvalue weighted by molar-refractivity contribution is 7.14. The number of piperidine rings is 1. The number of hydrogen-bond donors (Lipinski definition) is 2. The second-order valence-electron chi connectivity index (χ2n) is 11.4. The summed E-state index contributed by atoms with van der Waals surface area (Å²) in [7, 11) is 2.73. The monoisotopic (exact) mass is 581 g/mol. The number of ether oxygens (including phenoxy) is 3. The van der Waals surface area contributed by atoms with Crippen LogP contribution in [-0.2, 0) is 29.1 Å². The first-order chi connectivity index (χ1) is 19.7. The second kappa shape index (κ2) is 13.7. The lowest BCUT2D eigenvalue weighted by atomic mass is 9.97. The first kappa shape index (κ1) is 30.8. The lowest BCUT2D eigenvalue weighted by molar-refractivity contribution is -0.160. The number of hydrogen-bond acceptors (Lipinski definition) is 9. The average molecular weight is 582 g/mol. The number of esters is 1. The quantitative estimate of drug-likeness (QED) is 0.353. The molecule has 5 rings (SSSR count). The second-order valence-corrected chi connectivity index (χ2v) is 12.2. The number of nitrogens with one attached hydrogen (secondary N) is 1. The molecule has 9 heteroatoms. The minimum atomic E-state index is -0.449. The lowest BCUT2D eigenvalue weighted by Crippen LogP contribution is -2.38. The molecule has 222 valence electrons. The zero-order valence-corrected chi connectivity index (χ0v) is 25.9. The van der Waals surface area contributed by atoms with Gasteiger partial charge in [-0.25, -0.2) is 4.98 Å². The van der Waals surface area contributed by atoms with Gasteiger partial charge in [-0.15, -0.1) is 11.3 Å². The number of aromatic nitrogens is 1. The summed E-state index contributed by atoms with van der Waals surface area (Å²) in [6.07, 6.45) is 2.55. The third kappa shape index (κ3) is 7.58. The number of aryl methyl sites for hydroxylation is 1. The van der Waals surface area contributed by atoms with Gasteiger partial charge in [0.1, 0.15) is 23.7 Å². The average Bonchev–Trinajstić information content (AvgIpc) is 3.46. The zero-order chi connectivity index (χ0) is 29.6. The van der Waals surface area contributed by atoms with Crippen LogP contribution in [0.4, 0.5) is 5.13 Å². The van der Waals surface area contributed by atoms with Gasteiger partial charge in [-0.3, -0.25) is 4.79 Å². The Kier molecular flexibility index (Phi) is 10.3. The molecule has 0 atom stereocenters. The fraction of sp³-hybridized carbons (Fsp3) is 0.500. The third-order valence-electron chi connectivity index (χ3n) is 7.32. The van der Waals surface area contributed by atoms with Crippen molar-refractivity contribution in [3.8, 4) is 22.8 Å². The van der Waals surface area contributed by atoms with Crippen LogP contribution in [0.1, 0.15) is 55.9 Å². The molecule has 8 nitrogen and oxygen atoms in total. The zero-order valence-electron chi connectivity index (χ0n) is 25.1. The van der Waals surface area contributed by atoms with E-state index in [4.69, 9.17) is 24.3 Å². The third-order valence-corrected chi connectivity index (χ3v) is 8.22. The normalized spacial score (nSPS) is 15.4. The van der Waals surface area contributed by atoms with Gasteiger partial charge in [0.2, 0.25) is 0 Å². The number of para-hydroxylation sites is 1. The summed E-state index contributed by atoms with van der Waals surface area (Å²) in [6, 6.07) is 10.5. The van der Waals surface area contributed by atoms with Crippen molar-refractivity contribution in [2.24, 2.45) is 5.92 Å². The van der Waals surface area contributed by atoms with Crippen molar-refractivity contribution >= 4 is 22.4 Å². The van der Waals surface area contributed by atoms with Gasteiger partial charge in [0.25, 0.3) is 0 Å². The number of benzene rings is 2. The van der Waals surface area contributed by atoms with Gasteiger partial charge in [-0.05, 0) is 82.3 Å². The minimum Gasteiger partial charge on any atom is -0.496 e. The van der Waals surface area contributed by atoms with E-state index in [-0.39, 0.29) is 11.9 Å². The molecule has 2 aliphatic rings. The fourth-order valence-corrected chi connectivity index (χ4v) is 6.20. The van der Waals surface area contributed by atoms with Crippen molar-refractivity contribution < 1.29 is 24.1 Å². The molecule has 2 N–H and O–H groups in total. The number of rotatable bonds is 7. The van der Waals surface area contributed by atoms with Crippen molar-refractivity contribution in [1.82, 2.24) is 10.3 Å². The standard InChI is InChI=1S/C31H39N3O4S.CH4O/c1-20-7-6-8-24(28(20)37-18-21-15-23-9-12-32-17-25(23)27(16-21)36-5)26-19-39-30(33-26)34-13-10-22(11-14-34)29(35)38-31(2,3)4;1-2/h6-8,15-16,19,22,32H,9-14,17-18H2,1-5H3;2H,1H3. The topological polar surface area (TPSA) is 93.2 Å². The first-order valence-electron chi connectivity index (χ1n) is 14.2. The van der Waals surface area contributed by atoms with Gasteiger partial charge >= 0.3 is 5.97 Å². The maximum absolute atomic E-state index is 12.5. The smallest absolute Gasteiger partial charge is 0.309 e. The summed E-state index contributed by atoms with van der Waals surface area (Å²) in [5, 5.41) is 13.5. The van der Waals surface area contributed by atoms with E-state index >= 15 is 0 Å². The SMILES string of the molecule is CO.COc1cc(COc2c(C)cccc2-c2csc(N3CCC(C(=O)OC(C)(C)C)CC3)n2)cc2c1CNCC2.